The molecule has 0 radical (unpaired) electrons. The maximum atomic E-state index is 12.7. The molecular weight excluding hydrogens is 382 g/mol. The molecule has 3 rings (SSSR count). The van der Waals surface area contributed by atoms with Gasteiger partial charge in [-0.1, -0.05) is 6.92 Å². The van der Waals surface area contributed by atoms with E-state index in [0.717, 1.165) is 17.3 Å². The fourth-order valence-corrected chi connectivity index (χ4v) is 3.85. The van der Waals surface area contributed by atoms with Crippen LogP contribution in [0.15, 0.2) is 23.0 Å². The molecule has 1 amide bonds. The van der Waals surface area contributed by atoms with Crippen LogP contribution in [0.5, 0.6) is 0 Å². The van der Waals surface area contributed by atoms with Crippen LogP contribution in [0.25, 0.3) is 10.9 Å². The van der Waals surface area contributed by atoms with Gasteiger partial charge in [-0.25, -0.2) is 9.59 Å². The van der Waals surface area contributed by atoms with Crippen molar-refractivity contribution in [3.8, 4) is 6.07 Å². The topological polar surface area (TPSA) is 91.5 Å². The number of fused-ring (bicyclic) bond motifs is 1. The van der Waals surface area contributed by atoms with Gasteiger partial charge in [-0.05, 0) is 52.3 Å². The van der Waals surface area contributed by atoms with Crippen molar-refractivity contribution in [2.75, 3.05) is 18.0 Å². The second-order valence-electron chi connectivity index (χ2n) is 8.82. The van der Waals surface area contributed by atoms with Gasteiger partial charge in [-0.3, -0.25) is 4.57 Å². The Balaban J connectivity index is 2.02. The van der Waals surface area contributed by atoms with Crippen LogP contribution in [0.2, 0.25) is 0 Å². The highest BCUT2D eigenvalue weighted by Gasteiger charge is 2.37. The Labute approximate surface area is 176 Å². The van der Waals surface area contributed by atoms with Crippen LogP contribution in [-0.4, -0.2) is 51.3 Å². The van der Waals surface area contributed by atoms with Gasteiger partial charge in [0, 0.05) is 31.6 Å². The first-order chi connectivity index (χ1) is 14.1. The number of aryl methyl sites for hydroxylation is 1. The van der Waals surface area contributed by atoms with E-state index < -0.39 is 5.60 Å². The van der Waals surface area contributed by atoms with E-state index in [-0.39, 0.29) is 23.9 Å². The summed E-state index contributed by atoms with van der Waals surface area (Å²) in [5.41, 5.74) is 0.319. The number of carbonyl (C=O) groups is 1. The standard InChI is InChI=1S/C22H29N5O3/c1-7-16-13-26(14(2)12-27(16)21(29)30-22(3,4)5)19-17-10-15(11-23)8-9-18(17)25(6)20(28)24-19/h8-10,14,16H,7,12-13H2,1-6H3/t14-,16+/m0/s1. The molecule has 2 atom stereocenters. The number of rotatable bonds is 2. The van der Waals surface area contributed by atoms with Crippen molar-refractivity contribution >= 4 is 22.8 Å². The smallest absolute Gasteiger partial charge is 0.410 e. The molecule has 1 fully saturated rings. The number of piperazine rings is 1. The summed E-state index contributed by atoms with van der Waals surface area (Å²) in [6.45, 7) is 10.6. The highest BCUT2D eigenvalue weighted by Crippen LogP contribution is 2.30. The summed E-state index contributed by atoms with van der Waals surface area (Å²) in [5.74, 6) is 0.556. The number of amides is 1. The van der Waals surface area contributed by atoms with E-state index in [2.05, 4.69) is 16.0 Å². The molecule has 0 bridgehead atoms. The molecule has 0 unspecified atom stereocenters. The van der Waals surface area contributed by atoms with Gasteiger partial charge in [0.25, 0.3) is 0 Å². The molecule has 1 saturated heterocycles. The van der Waals surface area contributed by atoms with Crippen molar-refractivity contribution in [2.45, 2.75) is 58.7 Å². The molecule has 0 aliphatic carbocycles. The van der Waals surface area contributed by atoms with Crippen LogP contribution in [0, 0.1) is 11.3 Å². The van der Waals surface area contributed by atoms with Gasteiger partial charge in [0.1, 0.15) is 11.4 Å². The lowest BCUT2D eigenvalue weighted by Crippen LogP contribution is -2.60. The van der Waals surface area contributed by atoms with E-state index in [1.54, 1.807) is 30.1 Å². The Morgan fingerprint density at radius 3 is 2.63 bits per heavy atom. The maximum Gasteiger partial charge on any atom is 0.410 e. The molecule has 30 heavy (non-hydrogen) atoms. The number of hydrogen-bond donors (Lipinski definition) is 0. The normalized spacial score (nSPS) is 19.6. The second-order valence-corrected chi connectivity index (χ2v) is 8.82. The lowest BCUT2D eigenvalue weighted by Gasteiger charge is -2.45. The SMILES string of the molecule is CC[C@@H]1CN(c2nc(=O)n(C)c3ccc(C#N)cc23)[C@@H](C)CN1C(=O)OC(C)(C)C. The van der Waals surface area contributed by atoms with Crippen LogP contribution >= 0.6 is 0 Å². The van der Waals surface area contributed by atoms with E-state index in [0.29, 0.717) is 24.5 Å². The summed E-state index contributed by atoms with van der Waals surface area (Å²) in [6.07, 6.45) is 0.420. The van der Waals surface area contributed by atoms with E-state index in [1.165, 1.54) is 4.57 Å². The molecule has 1 aromatic heterocycles. The van der Waals surface area contributed by atoms with E-state index >= 15 is 0 Å². The van der Waals surface area contributed by atoms with Crippen molar-refractivity contribution in [1.82, 2.24) is 14.5 Å². The number of ether oxygens (including phenoxy) is 1. The summed E-state index contributed by atoms with van der Waals surface area (Å²) >= 11 is 0. The minimum atomic E-state index is -0.563. The third-order valence-electron chi connectivity index (χ3n) is 5.43. The van der Waals surface area contributed by atoms with Crippen molar-refractivity contribution in [3.05, 3.63) is 34.2 Å². The first kappa shape index (κ1) is 21.6. The van der Waals surface area contributed by atoms with Crippen molar-refractivity contribution in [2.24, 2.45) is 7.05 Å². The van der Waals surface area contributed by atoms with E-state index in [9.17, 15) is 14.9 Å². The van der Waals surface area contributed by atoms with E-state index in [4.69, 9.17) is 4.74 Å². The summed E-state index contributed by atoms with van der Waals surface area (Å²) < 4.78 is 7.08. The van der Waals surface area contributed by atoms with Gasteiger partial charge in [-0.15, -0.1) is 0 Å². The predicted molar refractivity (Wildman–Crippen MR) is 116 cm³/mol. The van der Waals surface area contributed by atoms with Gasteiger partial charge < -0.3 is 14.5 Å². The summed E-state index contributed by atoms with van der Waals surface area (Å²) in [4.78, 5) is 33.4. The molecule has 2 aromatic rings. The largest absolute Gasteiger partial charge is 0.444 e. The minimum Gasteiger partial charge on any atom is -0.444 e. The number of nitrogens with zero attached hydrogens (tertiary/aromatic N) is 5. The van der Waals surface area contributed by atoms with Crippen molar-refractivity contribution in [1.29, 1.82) is 5.26 Å². The van der Waals surface area contributed by atoms with Gasteiger partial charge in [0.15, 0.2) is 0 Å². The first-order valence-corrected chi connectivity index (χ1v) is 10.2. The molecule has 2 heterocycles. The van der Waals surface area contributed by atoms with Crippen LogP contribution in [0.4, 0.5) is 10.6 Å². The minimum absolute atomic E-state index is 0.0730. The zero-order chi connectivity index (χ0) is 22.2. The van der Waals surface area contributed by atoms with Gasteiger partial charge >= 0.3 is 11.8 Å². The van der Waals surface area contributed by atoms with Crippen LogP contribution in [-0.2, 0) is 11.8 Å². The van der Waals surface area contributed by atoms with Crippen LogP contribution in [0.3, 0.4) is 0 Å². The Bertz CT molecular complexity index is 1060. The molecule has 1 aliphatic heterocycles. The summed E-state index contributed by atoms with van der Waals surface area (Å²) in [5, 5.41) is 10.1. The van der Waals surface area contributed by atoms with Gasteiger partial charge in [-0.2, -0.15) is 10.2 Å². The number of anilines is 1. The molecule has 8 nitrogen and oxygen atoms in total. The molecule has 1 aliphatic rings. The molecule has 0 N–H and O–H groups in total. The lowest BCUT2D eigenvalue weighted by molar-refractivity contribution is 0.0106. The lowest BCUT2D eigenvalue weighted by atomic mass is 10.0. The number of carbonyl (C=O) groups excluding carboxylic acids is 1. The molecule has 0 saturated carbocycles. The highest BCUT2D eigenvalue weighted by atomic mass is 16.6. The first-order valence-electron chi connectivity index (χ1n) is 10.2. The molecule has 8 heteroatoms. The van der Waals surface area contributed by atoms with Gasteiger partial charge in [0.05, 0.1) is 23.2 Å². The monoisotopic (exact) mass is 411 g/mol. The average molecular weight is 412 g/mol. The molecule has 1 aromatic carbocycles. The molecule has 160 valence electrons. The third kappa shape index (κ3) is 4.11. The number of hydrogen-bond acceptors (Lipinski definition) is 6. The summed E-state index contributed by atoms with van der Waals surface area (Å²) in [6, 6.07) is 7.25. The fourth-order valence-electron chi connectivity index (χ4n) is 3.85. The van der Waals surface area contributed by atoms with Crippen LogP contribution in [0.1, 0.15) is 46.6 Å². The Morgan fingerprint density at radius 1 is 1.33 bits per heavy atom. The number of aromatic nitrogens is 2. The van der Waals surface area contributed by atoms with Crippen molar-refractivity contribution in [3.63, 3.8) is 0 Å². The maximum absolute atomic E-state index is 12.7. The van der Waals surface area contributed by atoms with Gasteiger partial charge in [0.2, 0.25) is 0 Å². The quantitative estimate of drug-likeness (QED) is 0.754. The molecular formula is C22H29N5O3. The summed E-state index contributed by atoms with van der Waals surface area (Å²) in [7, 11) is 1.67. The Morgan fingerprint density at radius 2 is 2.03 bits per heavy atom. The Kier molecular flexibility index (Phi) is 5.75. The van der Waals surface area contributed by atoms with Crippen molar-refractivity contribution < 1.29 is 9.53 Å². The number of nitriles is 1. The highest BCUT2D eigenvalue weighted by molar-refractivity contribution is 5.91. The zero-order valence-corrected chi connectivity index (χ0v) is 18.5. The Hall–Kier alpha value is -3.08. The van der Waals surface area contributed by atoms with Crippen LogP contribution < -0.4 is 10.6 Å². The second kappa shape index (κ2) is 7.98. The third-order valence-corrected chi connectivity index (χ3v) is 5.43. The predicted octanol–water partition coefficient (Wildman–Crippen LogP) is 3.03. The molecule has 0 spiro atoms. The fraction of sp³-hybridized carbons (Fsp3) is 0.545. The number of benzene rings is 1. The average Bonchev–Trinajstić information content (AvgIpc) is 2.69. The zero-order valence-electron chi connectivity index (χ0n) is 18.5. The van der Waals surface area contributed by atoms with E-state index in [1.807, 2.05) is 34.6 Å².